The quantitative estimate of drug-likeness (QED) is 0.924. The summed E-state index contributed by atoms with van der Waals surface area (Å²) in [6.07, 6.45) is 0. The second kappa shape index (κ2) is 5.68. The fourth-order valence-corrected chi connectivity index (χ4v) is 2.38. The molecule has 0 spiro atoms. The molecule has 0 unspecified atom stereocenters. The topological polar surface area (TPSA) is 54.2 Å². The Morgan fingerprint density at radius 3 is 2.95 bits per heavy atom. The van der Waals surface area contributed by atoms with Crippen molar-refractivity contribution in [3.05, 3.63) is 35.9 Å². The molecule has 1 aliphatic rings. The number of hydrogen-bond donors (Lipinski definition) is 1. The summed E-state index contributed by atoms with van der Waals surface area (Å²) in [4.78, 5) is 6.66. The molecular formula is C14H17FN4O. The summed E-state index contributed by atoms with van der Waals surface area (Å²) in [6.45, 7) is 5.76. The van der Waals surface area contributed by atoms with Crippen molar-refractivity contribution in [2.75, 3.05) is 19.6 Å². The molecule has 3 rings (SSSR count). The molecule has 20 heavy (non-hydrogen) atoms. The molecule has 1 aromatic carbocycles. The van der Waals surface area contributed by atoms with Gasteiger partial charge in [0, 0.05) is 31.2 Å². The molecule has 0 bridgehead atoms. The lowest BCUT2D eigenvalue weighted by molar-refractivity contribution is 0.193. The Balaban J connectivity index is 1.69. The van der Waals surface area contributed by atoms with Crippen molar-refractivity contribution in [2.45, 2.75) is 19.5 Å². The number of halogens is 1. The highest BCUT2D eigenvalue weighted by atomic mass is 19.1. The molecule has 0 amide bonds. The third-order valence-electron chi connectivity index (χ3n) is 3.38. The number of nitrogens with zero attached hydrogens (tertiary/aromatic N) is 3. The molecule has 1 fully saturated rings. The SMILES string of the molecule is C[C@@H]1CN(Cc2noc(-c3ccc(F)cc3)n2)CCN1. The van der Waals surface area contributed by atoms with Gasteiger partial charge in [0.15, 0.2) is 5.82 Å². The van der Waals surface area contributed by atoms with E-state index >= 15 is 0 Å². The van der Waals surface area contributed by atoms with E-state index in [1.165, 1.54) is 12.1 Å². The van der Waals surface area contributed by atoms with Gasteiger partial charge >= 0.3 is 0 Å². The molecule has 1 aromatic heterocycles. The van der Waals surface area contributed by atoms with Gasteiger partial charge in [-0.1, -0.05) is 5.16 Å². The lowest BCUT2D eigenvalue weighted by Crippen LogP contribution is -2.48. The van der Waals surface area contributed by atoms with E-state index in [9.17, 15) is 4.39 Å². The maximum absolute atomic E-state index is 12.9. The number of rotatable bonds is 3. The van der Waals surface area contributed by atoms with E-state index in [0.717, 1.165) is 25.2 Å². The predicted octanol–water partition coefficient (Wildman–Crippen LogP) is 1.67. The molecule has 2 aromatic rings. The molecule has 0 radical (unpaired) electrons. The van der Waals surface area contributed by atoms with Gasteiger partial charge in [-0.3, -0.25) is 4.90 Å². The average Bonchev–Trinajstić information content (AvgIpc) is 2.88. The van der Waals surface area contributed by atoms with Crippen LogP contribution in [0, 0.1) is 5.82 Å². The van der Waals surface area contributed by atoms with Crippen LogP contribution in [-0.2, 0) is 6.54 Å². The van der Waals surface area contributed by atoms with E-state index in [-0.39, 0.29) is 5.82 Å². The number of piperazine rings is 1. The van der Waals surface area contributed by atoms with E-state index in [2.05, 4.69) is 27.3 Å². The zero-order chi connectivity index (χ0) is 13.9. The van der Waals surface area contributed by atoms with Gasteiger partial charge < -0.3 is 9.84 Å². The lowest BCUT2D eigenvalue weighted by atomic mass is 10.2. The molecule has 5 nitrogen and oxygen atoms in total. The van der Waals surface area contributed by atoms with Gasteiger partial charge in [0.05, 0.1) is 6.54 Å². The van der Waals surface area contributed by atoms with E-state index in [1.54, 1.807) is 12.1 Å². The minimum Gasteiger partial charge on any atom is -0.334 e. The van der Waals surface area contributed by atoms with Crippen molar-refractivity contribution < 1.29 is 8.91 Å². The maximum atomic E-state index is 12.9. The first-order chi connectivity index (χ1) is 9.70. The molecule has 106 valence electrons. The van der Waals surface area contributed by atoms with Crippen LogP contribution in [0.15, 0.2) is 28.8 Å². The van der Waals surface area contributed by atoms with Crippen molar-refractivity contribution in [2.24, 2.45) is 0 Å². The van der Waals surface area contributed by atoms with Crippen molar-refractivity contribution in [3.8, 4) is 11.5 Å². The second-order valence-corrected chi connectivity index (χ2v) is 5.11. The van der Waals surface area contributed by atoms with Crippen molar-refractivity contribution in [1.29, 1.82) is 0 Å². The number of aromatic nitrogens is 2. The van der Waals surface area contributed by atoms with Gasteiger partial charge in [-0.25, -0.2) is 4.39 Å². The summed E-state index contributed by atoms with van der Waals surface area (Å²) >= 11 is 0. The van der Waals surface area contributed by atoms with E-state index in [0.29, 0.717) is 24.3 Å². The average molecular weight is 276 g/mol. The lowest BCUT2D eigenvalue weighted by Gasteiger charge is -2.30. The standard InChI is InChI=1S/C14H17FN4O/c1-10-8-19(7-6-16-10)9-13-17-14(20-18-13)11-2-4-12(15)5-3-11/h2-5,10,16H,6-9H2,1H3/t10-/m1/s1. The molecular weight excluding hydrogens is 259 g/mol. The number of nitrogens with one attached hydrogen (secondary N) is 1. The molecule has 0 aliphatic carbocycles. The minimum atomic E-state index is -0.275. The van der Waals surface area contributed by atoms with Gasteiger partial charge in [0.2, 0.25) is 0 Å². The van der Waals surface area contributed by atoms with Gasteiger partial charge in [-0.2, -0.15) is 4.98 Å². The maximum Gasteiger partial charge on any atom is 0.257 e. The Bertz CT molecular complexity index is 569. The Kier molecular flexibility index (Phi) is 3.75. The summed E-state index contributed by atoms with van der Waals surface area (Å²) in [5, 5.41) is 7.38. The van der Waals surface area contributed by atoms with Crippen LogP contribution in [0.5, 0.6) is 0 Å². The van der Waals surface area contributed by atoms with Crippen LogP contribution in [0.4, 0.5) is 4.39 Å². The van der Waals surface area contributed by atoms with Crippen LogP contribution in [0.3, 0.4) is 0 Å². The normalized spacial score (nSPS) is 20.2. The zero-order valence-corrected chi connectivity index (χ0v) is 11.3. The summed E-state index contributed by atoms with van der Waals surface area (Å²) in [6, 6.07) is 6.53. The third kappa shape index (κ3) is 3.02. The van der Waals surface area contributed by atoms with Crippen molar-refractivity contribution >= 4 is 0 Å². The third-order valence-corrected chi connectivity index (χ3v) is 3.38. The van der Waals surface area contributed by atoms with Crippen LogP contribution in [0.25, 0.3) is 11.5 Å². The Hall–Kier alpha value is -1.79. The van der Waals surface area contributed by atoms with Gasteiger partial charge in [0.1, 0.15) is 5.82 Å². The fraction of sp³-hybridized carbons (Fsp3) is 0.429. The van der Waals surface area contributed by atoms with Crippen LogP contribution in [0.1, 0.15) is 12.7 Å². The summed E-state index contributed by atoms with van der Waals surface area (Å²) in [5.41, 5.74) is 0.735. The highest BCUT2D eigenvalue weighted by molar-refractivity contribution is 5.52. The predicted molar refractivity (Wildman–Crippen MR) is 72.4 cm³/mol. The van der Waals surface area contributed by atoms with Gasteiger partial charge in [-0.05, 0) is 31.2 Å². The largest absolute Gasteiger partial charge is 0.334 e. The van der Waals surface area contributed by atoms with Crippen LogP contribution in [-0.4, -0.2) is 40.7 Å². The summed E-state index contributed by atoms with van der Waals surface area (Å²) < 4.78 is 18.1. The first-order valence-electron chi connectivity index (χ1n) is 6.75. The molecule has 1 saturated heterocycles. The zero-order valence-electron chi connectivity index (χ0n) is 11.3. The number of hydrogen-bond acceptors (Lipinski definition) is 5. The van der Waals surface area contributed by atoms with Crippen molar-refractivity contribution in [1.82, 2.24) is 20.4 Å². The highest BCUT2D eigenvalue weighted by Crippen LogP contribution is 2.18. The second-order valence-electron chi connectivity index (χ2n) is 5.11. The monoisotopic (exact) mass is 276 g/mol. The first-order valence-corrected chi connectivity index (χ1v) is 6.75. The van der Waals surface area contributed by atoms with Gasteiger partial charge in [0.25, 0.3) is 5.89 Å². The van der Waals surface area contributed by atoms with Crippen LogP contribution in [0.2, 0.25) is 0 Å². The molecule has 1 aliphatic heterocycles. The van der Waals surface area contributed by atoms with Crippen LogP contribution < -0.4 is 5.32 Å². The summed E-state index contributed by atoms with van der Waals surface area (Å²) in [7, 11) is 0. The van der Waals surface area contributed by atoms with E-state index in [1.807, 2.05) is 0 Å². The molecule has 6 heteroatoms. The smallest absolute Gasteiger partial charge is 0.257 e. The van der Waals surface area contributed by atoms with E-state index < -0.39 is 0 Å². The van der Waals surface area contributed by atoms with Crippen LogP contribution >= 0.6 is 0 Å². The molecule has 2 heterocycles. The Morgan fingerprint density at radius 2 is 2.20 bits per heavy atom. The minimum absolute atomic E-state index is 0.275. The molecule has 1 N–H and O–H groups in total. The first kappa shape index (κ1) is 13.2. The molecule has 1 atom stereocenters. The Labute approximate surface area is 116 Å². The van der Waals surface area contributed by atoms with Crippen molar-refractivity contribution in [3.63, 3.8) is 0 Å². The summed E-state index contributed by atoms with van der Waals surface area (Å²) in [5.74, 6) is 0.824. The van der Waals surface area contributed by atoms with Gasteiger partial charge in [-0.15, -0.1) is 0 Å². The molecule has 0 saturated carbocycles. The van der Waals surface area contributed by atoms with E-state index in [4.69, 9.17) is 4.52 Å². The number of benzene rings is 1. The Morgan fingerprint density at radius 1 is 1.40 bits per heavy atom. The fourth-order valence-electron chi connectivity index (χ4n) is 2.38. The highest BCUT2D eigenvalue weighted by Gasteiger charge is 2.18.